The van der Waals surface area contributed by atoms with Crippen molar-refractivity contribution in [2.75, 3.05) is 31.9 Å². The van der Waals surface area contributed by atoms with Gasteiger partial charge in [0.15, 0.2) is 0 Å². The van der Waals surface area contributed by atoms with Crippen LogP contribution in [0, 0.1) is 0 Å². The average molecular weight is 539 g/mol. The van der Waals surface area contributed by atoms with Crippen LogP contribution in [0.4, 0.5) is 13.2 Å². The molecule has 0 atom stereocenters. The van der Waals surface area contributed by atoms with Crippen molar-refractivity contribution in [2.45, 2.75) is 51.0 Å². The molecular formula is C26H30ClF3N4OS. The maximum atomic E-state index is 14.1. The van der Waals surface area contributed by atoms with Gasteiger partial charge in [0.2, 0.25) is 0 Å². The van der Waals surface area contributed by atoms with Gasteiger partial charge in [-0.1, -0.05) is 18.5 Å². The van der Waals surface area contributed by atoms with E-state index in [1.165, 1.54) is 17.0 Å². The molecular weight excluding hydrogens is 509 g/mol. The summed E-state index contributed by atoms with van der Waals surface area (Å²) in [6.45, 7) is 9.63. The summed E-state index contributed by atoms with van der Waals surface area (Å²) < 4.78 is 43.6. The van der Waals surface area contributed by atoms with Gasteiger partial charge in [-0.15, -0.1) is 11.8 Å². The summed E-state index contributed by atoms with van der Waals surface area (Å²) >= 11 is 7.78. The summed E-state index contributed by atoms with van der Waals surface area (Å²) in [5.41, 5.74) is -0.0350. The van der Waals surface area contributed by atoms with Gasteiger partial charge in [0.05, 0.1) is 29.3 Å². The lowest BCUT2D eigenvalue weighted by molar-refractivity contribution is -0.138. The highest BCUT2D eigenvalue weighted by Gasteiger charge is 2.35. The van der Waals surface area contributed by atoms with Gasteiger partial charge < -0.3 is 0 Å². The van der Waals surface area contributed by atoms with Crippen molar-refractivity contribution in [2.24, 2.45) is 0 Å². The molecule has 5 nitrogen and oxygen atoms in total. The van der Waals surface area contributed by atoms with Crippen LogP contribution < -0.4 is 5.56 Å². The maximum absolute atomic E-state index is 14.1. The molecule has 0 spiro atoms. The maximum Gasteiger partial charge on any atom is 0.416 e. The second-order valence-electron chi connectivity index (χ2n) is 9.29. The predicted octanol–water partition coefficient (Wildman–Crippen LogP) is 5.76. The highest BCUT2D eigenvalue weighted by Crippen LogP contribution is 2.34. The summed E-state index contributed by atoms with van der Waals surface area (Å²) in [5, 5.41) is 0.496. The first-order valence-electron chi connectivity index (χ1n) is 12.0. The van der Waals surface area contributed by atoms with Gasteiger partial charge in [-0.3, -0.25) is 19.2 Å². The van der Waals surface area contributed by atoms with E-state index in [0.29, 0.717) is 24.2 Å². The van der Waals surface area contributed by atoms with Gasteiger partial charge in [0.1, 0.15) is 0 Å². The zero-order valence-corrected chi connectivity index (χ0v) is 22.2. The third kappa shape index (κ3) is 6.07. The Morgan fingerprint density at radius 1 is 1.06 bits per heavy atom. The van der Waals surface area contributed by atoms with Crippen LogP contribution in [-0.2, 0) is 19.3 Å². The number of nitrogens with zero attached hydrogens (tertiary/aromatic N) is 4. The van der Waals surface area contributed by atoms with Crippen LogP contribution >= 0.6 is 23.4 Å². The minimum Gasteiger partial charge on any atom is -0.298 e. The summed E-state index contributed by atoms with van der Waals surface area (Å²) in [5.74, 6) is 0.837. The Hall–Kier alpha value is -2.07. The van der Waals surface area contributed by atoms with Crippen LogP contribution in [-0.4, -0.2) is 57.3 Å². The topological polar surface area (TPSA) is 41.4 Å². The molecule has 2 heterocycles. The second-order valence-corrected chi connectivity index (χ2v) is 11.0. The van der Waals surface area contributed by atoms with Crippen molar-refractivity contribution in [1.29, 1.82) is 0 Å². The van der Waals surface area contributed by atoms with Crippen LogP contribution in [0.25, 0.3) is 10.9 Å². The molecule has 2 aromatic carbocycles. The Morgan fingerprint density at radius 2 is 1.78 bits per heavy atom. The van der Waals surface area contributed by atoms with E-state index >= 15 is 0 Å². The Balaban J connectivity index is 1.68. The number of thioether (sulfide) groups is 1. The first-order valence-corrected chi connectivity index (χ1v) is 13.4. The summed E-state index contributed by atoms with van der Waals surface area (Å²) in [6.07, 6.45) is -3.17. The van der Waals surface area contributed by atoms with Gasteiger partial charge in [0, 0.05) is 48.7 Å². The van der Waals surface area contributed by atoms with E-state index in [2.05, 4.69) is 23.7 Å². The van der Waals surface area contributed by atoms with Crippen molar-refractivity contribution in [1.82, 2.24) is 19.4 Å². The molecule has 0 unspecified atom stereocenters. The number of hydrogen-bond acceptors (Lipinski definition) is 5. The quantitative estimate of drug-likeness (QED) is 0.358. The van der Waals surface area contributed by atoms with E-state index in [4.69, 9.17) is 11.6 Å². The third-order valence-corrected chi connectivity index (χ3v) is 7.78. The smallest absolute Gasteiger partial charge is 0.298 e. The Bertz CT molecular complexity index is 1290. The Labute approximate surface area is 218 Å². The van der Waals surface area contributed by atoms with Gasteiger partial charge in [-0.2, -0.15) is 13.2 Å². The minimum atomic E-state index is -4.58. The van der Waals surface area contributed by atoms with Gasteiger partial charge in [-0.25, -0.2) is 4.98 Å². The minimum absolute atomic E-state index is 0.0371. The number of alkyl halides is 3. The zero-order chi connectivity index (χ0) is 26.0. The summed E-state index contributed by atoms with van der Waals surface area (Å²) in [4.78, 5) is 23.0. The molecule has 0 bridgehead atoms. The van der Waals surface area contributed by atoms with Crippen LogP contribution in [0.15, 0.2) is 46.3 Å². The molecule has 0 aliphatic carbocycles. The fourth-order valence-corrected chi connectivity index (χ4v) is 5.57. The molecule has 1 saturated heterocycles. The molecule has 36 heavy (non-hydrogen) atoms. The number of rotatable bonds is 7. The van der Waals surface area contributed by atoms with Crippen LogP contribution in [0.2, 0.25) is 5.02 Å². The molecule has 1 aliphatic heterocycles. The normalized spacial score (nSPS) is 15.8. The molecule has 1 aliphatic rings. The zero-order valence-electron chi connectivity index (χ0n) is 20.6. The fourth-order valence-electron chi connectivity index (χ4n) is 4.59. The highest BCUT2D eigenvalue weighted by atomic mass is 35.5. The van der Waals surface area contributed by atoms with Crippen molar-refractivity contribution in [3.63, 3.8) is 0 Å². The molecule has 4 rings (SSSR count). The van der Waals surface area contributed by atoms with Crippen molar-refractivity contribution >= 4 is 34.3 Å². The van der Waals surface area contributed by atoms with Gasteiger partial charge >= 0.3 is 6.18 Å². The van der Waals surface area contributed by atoms with E-state index in [0.717, 1.165) is 35.4 Å². The third-order valence-electron chi connectivity index (χ3n) is 6.55. The van der Waals surface area contributed by atoms with Crippen molar-refractivity contribution in [3.05, 3.63) is 68.7 Å². The lowest BCUT2D eigenvalue weighted by Gasteiger charge is -2.37. The lowest BCUT2D eigenvalue weighted by Crippen LogP contribution is -2.48. The monoisotopic (exact) mass is 538 g/mol. The molecule has 1 aromatic heterocycles. The molecule has 0 saturated carbocycles. The molecule has 0 N–H and O–H groups in total. The molecule has 1 fully saturated rings. The number of piperazine rings is 1. The van der Waals surface area contributed by atoms with Crippen LogP contribution in [0.3, 0.4) is 0 Å². The van der Waals surface area contributed by atoms with Crippen molar-refractivity contribution in [3.8, 4) is 0 Å². The number of fused-ring (bicyclic) bond motifs is 1. The van der Waals surface area contributed by atoms with Gasteiger partial charge in [-0.05, 0) is 61.1 Å². The van der Waals surface area contributed by atoms with Gasteiger partial charge in [0.25, 0.3) is 5.56 Å². The number of benzene rings is 2. The average Bonchev–Trinajstić information content (AvgIpc) is 2.82. The predicted molar refractivity (Wildman–Crippen MR) is 140 cm³/mol. The number of aromatic nitrogens is 2. The highest BCUT2D eigenvalue weighted by molar-refractivity contribution is 7.99. The molecule has 194 valence electrons. The van der Waals surface area contributed by atoms with Crippen molar-refractivity contribution < 1.29 is 13.2 Å². The summed E-state index contributed by atoms with van der Waals surface area (Å²) in [7, 11) is 0. The van der Waals surface area contributed by atoms with E-state index < -0.39 is 17.3 Å². The van der Waals surface area contributed by atoms with Crippen LogP contribution in [0.1, 0.15) is 37.5 Å². The van der Waals surface area contributed by atoms with E-state index in [9.17, 15) is 18.0 Å². The standard InChI is InChI=1S/C26H30ClF3N4OS/c1-4-36-24-6-5-20(27)11-19(24)15-34-16-31-23-12-18(14-32-7-9-33(10-8-32)17(2)3)22(26(28,29)30)13-21(23)25(34)35/h5-6,11-13,16-17H,4,7-10,14-15H2,1-3H3. The molecule has 3 aromatic rings. The molecule has 0 radical (unpaired) electrons. The van der Waals surface area contributed by atoms with E-state index in [1.807, 2.05) is 17.9 Å². The fraction of sp³-hybridized carbons (Fsp3) is 0.462. The molecule has 0 amide bonds. The summed E-state index contributed by atoms with van der Waals surface area (Å²) in [6, 6.07) is 8.26. The molecule has 10 heteroatoms. The Morgan fingerprint density at radius 3 is 2.42 bits per heavy atom. The first kappa shape index (κ1) is 27.0. The Kier molecular flexibility index (Phi) is 8.34. The lowest BCUT2D eigenvalue weighted by atomic mass is 10.0. The van der Waals surface area contributed by atoms with E-state index in [-0.39, 0.29) is 29.6 Å². The first-order chi connectivity index (χ1) is 17.1. The SMILES string of the molecule is CCSc1ccc(Cl)cc1Cn1cnc2cc(CN3CCN(C(C)C)CC3)c(C(F)(F)F)cc2c1=O. The van der Waals surface area contributed by atoms with E-state index in [1.54, 1.807) is 23.9 Å². The second kappa shape index (κ2) is 11.1. The van der Waals surface area contributed by atoms with Crippen LogP contribution in [0.5, 0.6) is 0 Å². The number of halogens is 4. The number of hydrogen-bond donors (Lipinski definition) is 0. The largest absolute Gasteiger partial charge is 0.416 e.